The molecule has 5 heteroatoms. The minimum Gasteiger partial charge on any atom is -0.394 e. The molecular weight excluding hydrogens is 230 g/mol. The zero-order valence-corrected chi connectivity index (χ0v) is 11.4. The summed E-state index contributed by atoms with van der Waals surface area (Å²) in [5, 5.41) is 12.0. The normalized spacial score (nSPS) is 12.6. The second kappa shape index (κ2) is 6.44. The first-order valence-corrected chi connectivity index (χ1v) is 6.16. The summed E-state index contributed by atoms with van der Waals surface area (Å²) in [5.41, 5.74) is 1.11. The maximum atomic E-state index is 12.0. The summed E-state index contributed by atoms with van der Waals surface area (Å²) in [7, 11) is 0. The highest BCUT2D eigenvalue weighted by atomic mass is 16.3. The molecule has 1 rings (SSSR count). The predicted molar refractivity (Wildman–Crippen MR) is 69.3 cm³/mol. The Labute approximate surface area is 108 Å². The third kappa shape index (κ3) is 4.07. The van der Waals surface area contributed by atoms with E-state index in [2.05, 4.69) is 29.1 Å². The smallest absolute Gasteiger partial charge is 0.254 e. The molecule has 0 aliphatic rings. The molecule has 18 heavy (non-hydrogen) atoms. The number of rotatable bonds is 5. The monoisotopic (exact) mass is 251 g/mol. The van der Waals surface area contributed by atoms with Crippen molar-refractivity contribution in [3.8, 4) is 0 Å². The van der Waals surface area contributed by atoms with Gasteiger partial charge in [-0.25, -0.2) is 9.97 Å². The van der Waals surface area contributed by atoms with Crippen molar-refractivity contribution in [1.82, 2.24) is 15.3 Å². The van der Waals surface area contributed by atoms with Gasteiger partial charge in [0.25, 0.3) is 5.91 Å². The zero-order valence-electron chi connectivity index (χ0n) is 11.4. The van der Waals surface area contributed by atoms with Gasteiger partial charge in [0.1, 0.15) is 5.82 Å². The molecule has 0 saturated carbocycles. The fourth-order valence-corrected chi connectivity index (χ4v) is 1.82. The van der Waals surface area contributed by atoms with E-state index in [9.17, 15) is 9.90 Å². The second-order valence-corrected chi connectivity index (χ2v) is 4.90. The molecule has 1 amide bonds. The second-order valence-electron chi connectivity index (χ2n) is 4.90. The molecule has 0 aliphatic heterocycles. The van der Waals surface area contributed by atoms with Gasteiger partial charge in [0.15, 0.2) is 0 Å². The van der Waals surface area contributed by atoms with Crippen LogP contribution in [-0.4, -0.2) is 33.6 Å². The fraction of sp³-hybridized carbons (Fsp3) is 0.615. The maximum Gasteiger partial charge on any atom is 0.254 e. The van der Waals surface area contributed by atoms with Crippen LogP contribution in [0.1, 0.15) is 42.1 Å². The quantitative estimate of drug-likeness (QED) is 0.825. The Morgan fingerprint density at radius 3 is 2.61 bits per heavy atom. The minimum absolute atomic E-state index is 0.0598. The summed E-state index contributed by atoms with van der Waals surface area (Å²) >= 11 is 0. The Morgan fingerprint density at radius 1 is 1.44 bits per heavy atom. The van der Waals surface area contributed by atoms with Gasteiger partial charge >= 0.3 is 0 Å². The maximum absolute atomic E-state index is 12.0. The van der Waals surface area contributed by atoms with Gasteiger partial charge in [-0.2, -0.15) is 0 Å². The summed E-state index contributed by atoms with van der Waals surface area (Å²) in [6, 6.07) is -0.224. The highest BCUT2D eigenvalue weighted by Crippen LogP contribution is 2.07. The number of hydrogen-bond donors (Lipinski definition) is 2. The summed E-state index contributed by atoms with van der Waals surface area (Å²) in [4.78, 5) is 20.2. The first-order chi connectivity index (χ1) is 8.43. The lowest BCUT2D eigenvalue weighted by atomic mass is 10.0. The molecule has 0 saturated heterocycles. The van der Waals surface area contributed by atoms with Crippen molar-refractivity contribution in [3.63, 3.8) is 0 Å². The molecule has 0 radical (unpaired) electrons. The molecule has 1 aromatic rings. The van der Waals surface area contributed by atoms with E-state index in [0.717, 1.165) is 6.42 Å². The Balaban J connectivity index is 2.74. The van der Waals surface area contributed by atoms with Crippen molar-refractivity contribution in [2.75, 3.05) is 6.61 Å². The largest absolute Gasteiger partial charge is 0.394 e. The van der Waals surface area contributed by atoms with E-state index in [0.29, 0.717) is 23.0 Å². The van der Waals surface area contributed by atoms with E-state index in [1.165, 1.54) is 6.20 Å². The average Bonchev–Trinajstić information content (AvgIpc) is 2.27. The SMILES string of the molecule is Cc1ncc(C(=O)NC(CO)CC(C)C)c(C)n1. The van der Waals surface area contributed by atoms with Crippen molar-refractivity contribution in [2.45, 2.75) is 40.2 Å². The molecule has 0 aliphatic carbocycles. The first-order valence-electron chi connectivity index (χ1n) is 6.16. The Bertz CT molecular complexity index is 419. The number of carbonyl (C=O) groups excluding carboxylic acids is 1. The molecule has 1 heterocycles. The van der Waals surface area contributed by atoms with Crippen LogP contribution >= 0.6 is 0 Å². The number of aliphatic hydroxyl groups is 1. The van der Waals surface area contributed by atoms with Gasteiger partial charge in [0.05, 0.1) is 23.9 Å². The molecule has 1 unspecified atom stereocenters. The summed E-state index contributed by atoms with van der Waals surface area (Å²) in [5.74, 6) is 0.829. The van der Waals surface area contributed by atoms with Crippen LogP contribution in [0.25, 0.3) is 0 Å². The third-order valence-electron chi connectivity index (χ3n) is 2.66. The zero-order chi connectivity index (χ0) is 13.7. The van der Waals surface area contributed by atoms with Crippen LogP contribution in [0.2, 0.25) is 0 Å². The van der Waals surface area contributed by atoms with E-state index in [1.54, 1.807) is 13.8 Å². The topological polar surface area (TPSA) is 75.1 Å². The number of amides is 1. The third-order valence-corrected chi connectivity index (χ3v) is 2.66. The predicted octanol–water partition coefficient (Wildman–Crippen LogP) is 1.23. The van der Waals surface area contributed by atoms with E-state index in [4.69, 9.17) is 0 Å². The Kier molecular flexibility index (Phi) is 5.22. The number of nitrogens with one attached hydrogen (secondary N) is 1. The van der Waals surface area contributed by atoms with Crippen LogP contribution in [0.5, 0.6) is 0 Å². The van der Waals surface area contributed by atoms with Crippen LogP contribution < -0.4 is 5.32 Å². The van der Waals surface area contributed by atoms with Crippen molar-refractivity contribution < 1.29 is 9.90 Å². The molecular formula is C13H21N3O2. The Hall–Kier alpha value is -1.49. The summed E-state index contributed by atoms with van der Waals surface area (Å²) in [6.45, 7) is 7.60. The van der Waals surface area contributed by atoms with Crippen molar-refractivity contribution in [3.05, 3.63) is 23.3 Å². The Morgan fingerprint density at radius 2 is 2.11 bits per heavy atom. The van der Waals surface area contributed by atoms with E-state index < -0.39 is 0 Å². The lowest BCUT2D eigenvalue weighted by Crippen LogP contribution is -2.38. The average molecular weight is 251 g/mol. The van der Waals surface area contributed by atoms with Gasteiger partial charge in [0, 0.05) is 6.20 Å². The number of aliphatic hydroxyl groups excluding tert-OH is 1. The van der Waals surface area contributed by atoms with Gasteiger partial charge in [-0.05, 0) is 26.2 Å². The van der Waals surface area contributed by atoms with E-state index >= 15 is 0 Å². The van der Waals surface area contributed by atoms with E-state index in [1.807, 2.05) is 0 Å². The molecule has 0 spiro atoms. The molecule has 1 aromatic heterocycles. The van der Waals surface area contributed by atoms with Crippen LogP contribution in [0.3, 0.4) is 0 Å². The number of nitrogens with zero attached hydrogens (tertiary/aromatic N) is 2. The van der Waals surface area contributed by atoms with Crippen molar-refractivity contribution in [2.24, 2.45) is 5.92 Å². The van der Waals surface area contributed by atoms with Gasteiger partial charge in [-0.15, -0.1) is 0 Å². The molecule has 2 N–H and O–H groups in total. The van der Waals surface area contributed by atoms with Gasteiger partial charge in [0.2, 0.25) is 0 Å². The van der Waals surface area contributed by atoms with Gasteiger partial charge in [-0.1, -0.05) is 13.8 Å². The highest BCUT2D eigenvalue weighted by molar-refractivity contribution is 5.95. The number of aryl methyl sites for hydroxylation is 2. The minimum atomic E-state index is -0.229. The van der Waals surface area contributed by atoms with Gasteiger partial charge < -0.3 is 10.4 Å². The first kappa shape index (κ1) is 14.6. The lowest BCUT2D eigenvalue weighted by Gasteiger charge is -2.18. The molecule has 0 fully saturated rings. The molecule has 5 nitrogen and oxygen atoms in total. The van der Waals surface area contributed by atoms with Crippen LogP contribution in [0, 0.1) is 19.8 Å². The van der Waals surface area contributed by atoms with E-state index in [-0.39, 0.29) is 18.6 Å². The molecule has 1 atom stereocenters. The standard InChI is InChI=1S/C13H21N3O2/c1-8(2)5-11(7-17)16-13(18)12-6-14-10(4)15-9(12)3/h6,8,11,17H,5,7H2,1-4H3,(H,16,18). The molecule has 0 aromatic carbocycles. The highest BCUT2D eigenvalue weighted by Gasteiger charge is 2.16. The van der Waals surface area contributed by atoms with Crippen LogP contribution in [0.4, 0.5) is 0 Å². The fourth-order valence-electron chi connectivity index (χ4n) is 1.82. The number of aromatic nitrogens is 2. The molecule has 0 bridgehead atoms. The molecule has 100 valence electrons. The van der Waals surface area contributed by atoms with Gasteiger partial charge in [-0.3, -0.25) is 4.79 Å². The van der Waals surface area contributed by atoms with Crippen LogP contribution in [0.15, 0.2) is 6.20 Å². The lowest BCUT2D eigenvalue weighted by molar-refractivity contribution is 0.0907. The van der Waals surface area contributed by atoms with Crippen molar-refractivity contribution >= 4 is 5.91 Å². The summed E-state index contributed by atoms with van der Waals surface area (Å²) < 4.78 is 0. The van der Waals surface area contributed by atoms with Crippen molar-refractivity contribution in [1.29, 1.82) is 0 Å². The number of hydrogen-bond acceptors (Lipinski definition) is 4. The number of carbonyl (C=O) groups is 1. The van der Waals surface area contributed by atoms with Crippen LogP contribution in [-0.2, 0) is 0 Å². The summed E-state index contributed by atoms with van der Waals surface area (Å²) in [6.07, 6.45) is 2.27.